The van der Waals surface area contributed by atoms with Gasteiger partial charge in [-0.3, -0.25) is 4.68 Å². The van der Waals surface area contributed by atoms with E-state index in [1.807, 2.05) is 25.4 Å². The standard InChI is InChI=1S/C18H25N3O3/c1-12-5-13-6-16(23-4)7-14(17(13)24-12)8-19-11-18(2,22)15-9-20-21(3)10-15/h6-7,9-10,12,19,22H,5,8,11H2,1-4H3. The van der Waals surface area contributed by atoms with Gasteiger partial charge in [0.05, 0.1) is 13.3 Å². The van der Waals surface area contributed by atoms with E-state index in [9.17, 15) is 5.11 Å². The topological polar surface area (TPSA) is 68.5 Å². The normalized spacial score (nSPS) is 18.8. The maximum atomic E-state index is 10.6. The third-order valence-corrected chi connectivity index (χ3v) is 4.39. The van der Waals surface area contributed by atoms with Gasteiger partial charge < -0.3 is 19.9 Å². The van der Waals surface area contributed by atoms with Crippen molar-refractivity contribution in [2.75, 3.05) is 13.7 Å². The quantitative estimate of drug-likeness (QED) is 0.844. The van der Waals surface area contributed by atoms with E-state index in [0.29, 0.717) is 13.1 Å². The van der Waals surface area contributed by atoms with Crippen molar-refractivity contribution < 1.29 is 14.6 Å². The summed E-state index contributed by atoms with van der Waals surface area (Å²) in [5.74, 6) is 1.78. The van der Waals surface area contributed by atoms with E-state index in [1.54, 1.807) is 24.9 Å². The fourth-order valence-corrected chi connectivity index (χ4v) is 3.07. The molecular formula is C18H25N3O3. The largest absolute Gasteiger partial charge is 0.497 e. The van der Waals surface area contributed by atoms with E-state index in [2.05, 4.69) is 17.3 Å². The molecule has 0 saturated heterocycles. The summed E-state index contributed by atoms with van der Waals surface area (Å²) in [4.78, 5) is 0. The number of hydrogen-bond donors (Lipinski definition) is 2. The second-order valence-electron chi connectivity index (χ2n) is 6.69. The van der Waals surface area contributed by atoms with Gasteiger partial charge in [-0.25, -0.2) is 0 Å². The van der Waals surface area contributed by atoms with Crippen LogP contribution in [-0.2, 0) is 25.6 Å². The fraction of sp³-hybridized carbons (Fsp3) is 0.500. The Morgan fingerprint density at radius 1 is 1.50 bits per heavy atom. The molecule has 2 unspecified atom stereocenters. The van der Waals surface area contributed by atoms with Gasteiger partial charge in [-0.1, -0.05) is 0 Å². The van der Waals surface area contributed by atoms with Crippen LogP contribution in [0.15, 0.2) is 24.5 Å². The minimum absolute atomic E-state index is 0.185. The lowest BCUT2D eigenvalue weighted by Crippen LogP contribution is -2.35. The SMILES string of the molecule is COc1cc(CNCC(C)(O)c2cnn(C)c2)c2c(c1)CC(C)O2. The van der Waals surface area contributed by atoms with Crippen LogP contribution in [0.2, 0.25) is 0 Å². The number of nitrogens with zero attached hydrogens (tertiary/aromatic N) is 2. The molecule has 3 rings (SSSR count). The van der Waals surface area contributed by atoms with Crippen LogP contribution in [0.1, 0.15) is 30.5 Å². The highest BCUT2D eigenvalue weighted by atomic mass is 16.5. The van der Waals surface area contributed by atoms with Gasteiger partial charge in [-0.05, 0) is 26.0 Å². The Morgan fingerprint density at radius 3 is 2.96 bits per heavy atom. The molecule has 0 saturated carbocycles. The van der Waals surface area contributed by atoms with E-state index in [1.165, 1.54) is 5.56 Å². The van der Waals surface area contributed by atoms with Crippen LogP contribution in [0.4, 0.5) is 0 Å². The van der Waals surface area contributed by atoms with Gasteiger partial charge in [0.25, 0.3) is 0 Å². The van der Waals surface area contributed by atoms with Gasteiger partial charge in [0.2, 0.25) is 0 Å². The summed E-state index contributed by atoms with van der Waals surface area (Å²) in [7, 11) is 3.51. The molecule has 2 N–H and O–H groups in total. The summed E-state index contributed by atoms with van der Waals surface area (Å²) in [5.41, 5.74) is 2.04. The van der Waals surface area contributed by atoms with Gasteiger partial charge in [-0.2, -0.15) is 5.10 Å². The zero-order chi connectivity index (χ0) is 17.3. The molecule has 2 aromatic rings. The molecule has 1 aliphatic heterocycles. The van der Waals surface area contributed by atoms with Crippen LogP contribution < -0.4 is 14.8 Å². The number of hydrogen-bond acceptors (Lipinski definition) is 5. The molecule has 1 aromatic heterocycles. The molecule has 2 heterocycles. The van der Waals surface area contributed by atoms with Crippen LogP contribution in [0.5, 0.6) is 11.5 Å². The van der Waals surface area contributed by atoms with Crippen LogP contribution in [0, 0.1) is 0 Å². The van der Waals surface area contributed by atoms with E-state index < -0.39 is 5.60 Å². The molecule has 6 nitrogen and oxygen atoms in total. The van der Waals surface area contributed by atoms with Crippen molar-refractivity contribution in [3.05, 3.63) is 41.2 Å². The Balaban J connectivity index is 1.70. The first kappa shape index (κ1) is 16.8. The molecular weight excluding hydrogens is 306 g/mol. The highest BCUT2D eigenvalue weighted by Gasteiger charge is 2.26. The molecule has 0 aliphatic carbocycles. The number of rotatable bonds is 6. The maximum Gasteiger partial charge on any atom is 0.127 e. The van der Waals surface area contributed by atoms with Crippen molar-refractivity contribution in [1.29, 1.82) is 0 Å². The van der Waals surface area contributed by atoms with Crippen molar-refractivity contribution in [3.63, 3.8) is 0 Å². The number of methoxy groups -OCH3 is 1. The predicted octanol–water partition coefficient (Wildman–Crippen LogP) is 1.75. The van der Waals surface area contributed by atoms with Gasteiger partial charge in [-0.15, -0.1) is 0 Å². The molecule has 0 spiro atoms. The summed E-state index contributed by atoms with van der Waals surface area (Å²) < 4.78 is 13.0. The second kappa shape index (κ2) is 6.45. The second-order valence-corrected chi connectivity index (χ2v) is 6.69. The van der Waals surface area contributed by atoms with Crippen molar-refractivity contribution in [3.8, 4) is 11.5 Å². The summed E-state index contributed by atoms with van der Waals surface area (Å²) in [5, 5.41) is 18.1. The van der Waals surface area contributed by atoms with E-state index in [0.717, 1.165) is 29.0 Å². The lowest BCUT2D eigenvalue weighted by atomic mass is 9.99. The number of aromatic nitrogens is 2. The molecule has 0 fully saturated rings. The number of aliphatic hydroxyl groups is 1. The lowest BCUT2D eigenvalue weighted by Gasteiger charge is -2.23. The Kier molecular flexibility index (Phi) is 4.51. The predicted molar refractivity (Wildman–Crippen MR) is 91.3 cm³/mol. The van der Waals surface area contributed by atoms with Crippen molar-refractivity contribution in [2.45, 2.75) is 38.5 Å². The van der Waals surface area contributed by atoms with Crippen LogP contribution in [0.3, 0.4) is 0 Å². The summed E-state index contributed by atoms with van der Waals surface area (Å²) in [6.07, 6.45) is 4.60. The number of ether oxygens (including phenoxy) is 2. The average molecular weight is 331 g/mol. The molecule has 24 heavy (non-hydrogen) atoms. The van der Waals surface area contributed by atoms with Gasteiger partial charge in [0.1, 0.15) is 23.2 Å². The monoisotopic (exact) mass is 331 g/mol. The van der Waals surface area contributed by atoms with Gasteiger partial charge in [0.15, 0.2) is 0 Å². The zero-order valence-electron chi connectivity index (χ0n) is 14.7. The van der Waals surface area contributed by atoms with Gasteiger partial charge in [0, 0.05) is 49.4 Å². The first-order chi connectivity index (χ1) is 11.4. The third-order valence-electron chi connectivity index (χ3n) is 4.39. The Hall–Kier alpha value is -2.05. The maximum absolute atomic E-state index is 10.6. The van der Waals surface area contributed by atoms with E-state index in [-0.39, 0.29) is 6.10 Å². The molecule has 6 heteroatoms. The number of nitrogens with one attached hydrogen (secondary N) is 1. The smallest absolute Gasteiger partial charge is 0.127 e. The van der Waals surface area contributed by atoms with Crippen LogP contribution in [-0.4, -0.2) is 34.6 Å². The molecule has 0 amide bonds. The Morgan fingerprint density at radius 2 is 2.29 bits per heavy atom. The minimum atomic E-state index is -0.982. The highest BCUT2D eigenvalue weighted by Crippen LogP contribution is 2.36. The summed E-state index contributed by atoms with van der Waals surface area (Å²) in [6.45, 7) is 4.87. The molecule has 0 bridgehead atoms. The van der Waals surface area contributed by atoms with Crippen molar-refractivity contribution in [1.82, 2.24) is 15.1 Å². The summed E-state index contributed by atoms with van der Waals surface area (Å²) >= 11 is 0. The van der Waals surface area contributed by atoms with Crippen LogP contribution in [0.25, 0.3) is 0 Å². The molecule has 1 aliphatic rings. The van der Waals surface area contributed by atoms with Crippen molar-refractivity contribution >= 4 is 0 Å². The van der Waals surface area contributed by atoms with E-state index >= 15 is 0 Å². The molecule has 2 atom stereocenters. The Bertz CT molecular complexity index is 724. The lowest BCUT2D eigenvalue weighted by molar-refractivity contribution is 0.0565. The zero-order valence-corrected chi connectivity index (χ0v) is 14.7. The fourth-order valence-electron chi connectivity index (χ4n) is 3.07. The Labute approximate surface area is 142 Å². The third kappa shape index (κ3) is 3.39. The number of fused-ring (bicyclic) bond motifs is 1. The first-order valence-electron chi connectivity index (χ1n) is 8.17. The molecule has 130 valence electrons. The van der Waals surface area contributed by atoms with Gasteiger partial charge >= 0.3 is 0 Å². The molecule has 1 aromatic carbocycles. The highest BCUT2D eigenvalue weighted by molar-refractivity contribution is 5.49. The number of benzene rings is 1. The van der Waals surface area contributed by atoms with E-state index in [4.69, 9.17) is 9.47 Å². The summed E-state index contributed by atoms with van der Waals surface area (Å²) in [6, 6.07) is 4.02. The molecule has 0 radical (unpaired) electrons. The number of aryl methyl sites for hydroxylation is 1. The average Bonchev–Trinajstić information content (AvgIpc) is 3.12. The van der Waals surface area contributed by atoms with Crippen molar-refractivity contribution in [2.24, 2.45) is 7.05 Å². The minimum Gasteiger partial charge on any atom is -0.497 e. The first-order valence-corrected chi connectivity index (χ1v) is 8.17. The van der Waals surface area contributed by atoms with Crippen LogP contribution >= 0.6 is 0 Å².